The molecule has 36 aromatic rings. The standard InChI is InChI=1S/4C32H17NOS/c1-2-8-19-18(7-1)17-33-31(19)30-20(14-16-27-29(30)23-10-4-6-12-26(23)35-27)21-13-15-25-28(32(21)33)22-9-3-5-11-24(22)34-25;1-2-8-19-18(7-1)17-33-25-15-24-20-9-3-5-11-26(20)34-27(24)16-23(25)21-13-14-29-30(31(21)32(19)33)22-10-4-6-12-28(22)35-29;1-2-8-19-18(7-1)17-33-26-15-25-20-9-3-5-11-27(20)34-28(25)16-24(26)22-13-14-23-21-10-4-6-12-29(21)35-32(23)30(22)31(19)33;1-2-8-19-18(7-1)17-33-25-16-15-22-20-9-3-5-11-26(20)34-31(22)28(25)24-14-13-23-21-10-4-6-12-27(21)35-32(23)29(24)30(19)33/h4*1-17H. The summed E-state index contributed by atoms with van der Waals surface area (Å²) in [4.78, 5) is 0. The van der Waals surface area contributed by atoms with E-state index in [1.165, 1.54) is 249 Å². The molecular weight excluding hydrogens is 1790 g/mol. The van der Waals surface area contributed by atoms with Gasteiger partial charge in [-0.1, -0.05) is 279 Å². The van der Waals surface area contributed by atoms with E-state index in [0.717, 1.165) is 71.6 Å². The van der Waals surface area contributed by atoms with E-state index in [1.807, 2.05) is 69.6 Å². The van der Waals surface area contributed by atoms with Crippen LogP contribution in [0.2, 0.25) is 0 Å². The predicted molar refractivity (Wildman–Crippen MR) is 600 cm³/mol. The molecule has 16 aromatic heterocycles. The van der Waals surface area contributed by atoms with Gasteiger partial charge in [0, 0.05) is 229 Å². The summed E-state index contributed by atoms with van der Waals surface area (Å²) in [5.74, 6) is 0. The molecule has 0 aliphatic heterocycles. The monoisotopic (exact) mass is 1850 g/mol. The highest BCUT2D eigenvalue weighted by molar-refractivity contribution is 7.28. The van der Waals surface area contributed by atoms with Gasteiger partial charge in [0.2, 0.25) is 0 Å². The number of nitrogens with zero attached hydrogens (tertiary/aromatic N) is 4. The van der Waals surface area contributed by atoms with Gasteiger partial charge in [-0.05, 0) is 131 Å². The molecular formula is C128H68N4O4S4. The smallest absolute Gasteiger partial charge is 0.145 e. The van der Waals surface area contributed by atoms with Gasteiger partial charge < -0.3 is 35.3 Å². The van der Waals surface area contributed by atoms with E-state index in [4.69, 9.17) is 17.7 Å². The average molecular weight is 1850 g/mol. The third-order valence-electron chi connectivity index (χ3n) is 30.2. The molecule has 0 aliphatic carbocycles. The Morgan fingerprint density at radius 1 is 0.150 bits per heavy atom. The number of furan rings is 4. The number of benzene rings is 20. The fraction of sp³-hybridized carbons (Fsp3) is 0. The maximum Gasteiger partial charge on any atom is 0.145 e. The largest absolute Gasteiger partial charge is 0.456 e. The Kier molecular flexibility index (Phi) is 15.3. The average Bonchev–Trinajstić information content (AvgIpc) is 1.54. The van der Waals surface area contributed by atoms with E-state index in [1.54, 1.807) is 0 Å². The number of aromatic nitrogens is 4. The zero-order chi connectivity index (χ0) is 90.7. The number of para-hydroxylation sites is 4. The molecule has 140 heavy (non-hydrogen) atoms. The Balaban J connectivity index is 0.0000000829. The lowest BCUT2D eigenvalue weighted by Gasteiger charge is -2.12. The molecule has 648 valence electrons. The lowest BCUT2D eigenvalue weighted by Crippen LogP contribution is -1.91. The summed E-state index contributed by atoms with van der Waals surface area (Å²) in [7, 11) is 0. The minimum atomic E-state index is 0.930. The third-order valence-corrected chi connectivity index (χ3v) is 34.9. The van der Waals surface area contributed by atoms with Crippen molar-refractivity contribution in [2.45, 2.75) is 0 Å². The van der Waals surface area contributed by atoms with Gasteiger partial charge in [0.25, 0.3) is 0 Å². The summed E-state index contributed by atoms with van der Waals surface area (Å²) >= 11 is 7.55. The highest BCUT2D eigenvalue weighted by Gasteiger charge is 2.28. The van der Waals surface area contributed by atoms with Crippen LogP contribution in [0.25, 0.3) is 320 Å². The summed E-state index contributed by atoms with van der Waals surface area (Å²) < 4.78 is 45.8. The normalized spacial score (nSPS) is 12.6. The van der Waals surface area contributed by atoms with Crippen molar-refractivity contribution >= 4 is 366 Å². The number of thiophene rings is 4. The van der Waals surface area contributed by atoms with Crippen LogP contribution in [-0.4, -0.2) is 17.6 Å². The van der Waals surface area contributed by atoms with Gasteiger partial charge in [0.15, 0.2) is 0 Å². The van der Waals surface area contributed by atoms with E-state index < -0.39 is 0 Å². The second kappa shape index (κ2) is 28.2. The molecule has 0 fully saturated rings. The molecule has 12 heteroatoms. The molecule has 36 rings (SSSR count). The summed E-state index contributed by atoms with van der Waals surface area (Å²) in [6.45, 7) is 0. The molecule has 0 unspecified atom stereocenters. The molecule has 16 heterocycles. The van der Waals surface area contributed by atoms with Crippen molar-refractivity contribution in [2.75, 3.05) is 0 Å². The molecule has 0 saturated heterocycles. The second-order valence-electron chi connectivity index (χ2n) is 37.4. The van der Waals surface area contributed by atoms with Crippen LogP contribution >= 0.6 is 45.3 Å². The van der Waals surface area contributed by atoms with Gasteiger partial charge in [0.1, 0.15) is 44.7 Å². The van der Waals surface area contributed by atoms with Crippen molar-refractivity contribution < 1.29 is 17.7 Å². The minimum Gasteiger partial charge on any atom is -0.456 e. The molecule has 0 spiro atoms. The van der Waals surface area contributed by atoms with Crippen LogP contribution in [0.1, 0.15) is 0 Å². The van der Waals surface area contributed by atoms with Gasteiger partial charge in [-0.3, -0.25) is 0 Å². The van der Waals surface area contributed by atoms with Crippen molar-refractivity contribution in [1.82, 2.24) is 17.6 Å². The van der Waals surface area contributed by atoms with Crippen LogP contribution < -0.4 is 0 Å². The quantitative estimate of drug-likeness (QED) is 0.142. The Labute approximate surface area is 807 Å². The molecule has 20 aromatic carbocycles. The van der Waals surface area contributed by atoms with Gasteiger partial charge in [-0.15, -0.1) is 45.3 Å². The summed E-state index contributed by atoms with van der Waals surface area (Å²) in [6, 6.07) is 140. The minimum absolute atomic E-state index is 0.930. The number of hydrogen-bond donors (Lipinski definition) is 0. The number of rotatable bonds is 0. The van der Waals surface area contributed by atoms with Crippen LogP contribution in [0.3, 0.4) is 0 Å². The first-order valence-corrected chi connectivity index (χ1v) is 50.7. The topological polar surface area (TPSA) is 70.2 Å². The summed E-state index contributed by atoms with van der Waals surface area (Å²) in [5.41, 5.74) is 17.4. The van der Waals surface area contributed by atoms with Crippen LogP contribution in [0.15, 0.2) is 431 Å². The van der Waals surface area contributed by atoms with Gasteiger partial charge in [-0.25, -0.2) is 0 Å². The number of hydrogen-bond acceptors (Lipinski definition) is 8. The van der Waals surface area contributed by atoms with Gasteiger partial charge >= 0.3 is 0 Å². The van der Waals surface area contributed by atoms with E-state index in [2.05, 4.69) is 406 Å². The molecule has 0 bridgehead atoms. The van der Waals surface area contributed by atoms with Gasteiger partial charge in [0.05, 0.1) is 49.5 Å². The fourth-order valence-electron chi connectivity index (χ4n) is 24.3. The lowest BCUT2D eigenvalue weighted by molar-refractivity contribution is 0.669. The van der Waals surface area contributed by atoms with Crippen LogP contribution in [-0.2, 0) is 0 Å². The lowest BCUT2D eigenvalue weighted by atomic mass is 9.97. The zero-order valence-corrected chi connectivity index (χ0v) is 77.6. The molecule has 8 nitrogen and oxygen atoms in total. The maximum absolute atomic E-state index is 6.56. The Morgan fingerprint density at radius 2 is 0.479 bits per heavy atom. The van der Waals surface area contributed by atoms with Crippen LogP contribution in [0, 0.1) is 0 Å². The van der Waals surface area contributed by atoms with Crippen molar-refractivity contribution in [3.05, 3.63) is 413 Å². The van der Waals surface area contributed by atoms with Crippen molar-refractivity contribution in [1.29, 1.82) is 0 Å². The number of fused-ring (bicyclic) bond motifs is 62. The highest BCUT2D eigenvalue weighted by atomic mass is 32.1. The van der Waals surface area contributed by atoms with Crippen LogP contribution in [0.5, 0.6) is 0 Å². The van der Waals surface area contributed by atoms with Crippen LogP contribution in [0.4, 0.5) is 0 Å². The molecule has 0 radical (unpaired) electrons. The van der Waals surface area contributed by atoms with Crippen molar-refractivity contribution in [3.63, 3.8) is 0 Å². The Bertz CT molecular complexity index is 12000. The SMILES string of the molecule is c1ccc2c(c1)cn1c3c(ccc4oc5ccccc5c43)c3ccc4sc5ccccc5c4c3c21.c1ccc2c(c1)cn1c3cc4c(cc3c3ccc5c6ccccc6sc5c3c21)oc1ccccc14.c1ccc2c(c1)cn1c3cc4c(cc3c3ccc5sc6ccccc6c5c3c21)oc1ccccc14.c1ccc2c(c1)cn1c3ccc4c5ccccc5oc4c3c3ccc4c5ccccc5sc4c3c21. The Morgan fingerprint density at radius 3 is 0.986 bits per heavy atom. The Hall–Kier alpha value is -17.4. The van der Waals surface area contributed by atoms with Crippen molar-refractivity contribution in [3.8, 4) is 0 Å². The highest BCUT2D eigenvalue weighted by Crippen LogP contribution is 2.54. The summed E-state index contributed by atoms with van der Waals surface area (Å²) in [5, 5.41) is 45.4. The first-order chi connectivity index (χ1) is 69.4. The molecule has 0 aliphatic rings. The summed E-state index contributed by atoms with van der Waals surface area (Å²) in [6.07, 6.45) is 9.19. The third kappa shape index (κ3) is 10.3. The second-order valence-corrected chi connectivity index (χ2v) is 41.7. The fourth-order valence-corrected chi connectivity index (χ4v) is 29.0. The van der Waals surface area contributed by atoms with Gasteiger partial charge in [-0.2, -0.15) is 0 Å². The molecule has 0 N–H and O–H groups in total. The number of pyridine rings is 4. The first-order valence-electron chi connectivity index (χ1n) is 47.4. The predicted octanol–water partition coefficient (Wildman–Crippen LogP) is 38.7. The first kappa shape index (κ1) is 75.9. The zero-order valence-electron chi connectivity index (χ0n) is 74.3. The molecule has 0 saturated carbocycles. The van der Waals surface area contributed by atoms with E-state index in [0.29, 0.717) is 0 Å². The molecule has 0 atom stereocenters. The van der Waals surface area contributed by atoms with E-state index >= 15 is 0 Å². The maximum atomic E-state index is 6.56. The van der Waals surface area contributed by atoms with Crippen molar-refractivity contribution in [2.24, 2.45) is 0 Å². The molecule has 0 amide bonds. The van der Waals surface area contributed by atoms with E-state index in [9.17, 15) is 0 Å². The van der Waals surface area contributed by atoms with E-state index in [-0.39, 0.29) is 0 Å².